The number of nitrogens with zero attached hydrogens (tertiary/aromatic N) is 3. The second-order valence-corrected chi connectivity index (χ2v) is 5.93. The molecule has 0 atom stereocenters. The summed E-state index contributed by atoms with van der Waals surface area (Å²) in [5.74, 6) is -0.257. The number of amides is 1. The van der Waals surface area contributed by atoms with Gasteiger partial charge in [0.1, 0.15) is 0 Å². The Kier molecular flexibility index (Phi) is 4.85. The van der Waals surface area contributed by atoms with Crippen LogP contribution < -0.4 is 11.1 Å². The number of hydrogen-bond acceptors (Lipinski definition) is 4. The molecule has 6 nitrogen and oxygen atoms in total. The number of aryl methyl sites for hydroxylation is 1. The smallest absolute Gasteiger partial charge is 0.369 e. The molecule has 0 radical (unpaired) electrons. The Labute approximate surface area is 152 Å². The van der Waals surface area contributed by atoms with Crippen LogP contribution in [0.2, 0.25) is 0 Å². The number of rotatable bonds is 5. The molecule has 1 amide bonds. The molecule has 2 heterocycles. The molecule has 0 aliphatic heterocycles. The second kappa shape index (κ2) is 7.10. The van der Waals surface area contributed by atoms with E-state index in [0.717, 1.165) is 17.8 Å². The van der Waals surface area contributed by atoms with Crippen molar-refractivity contribution < 1.29 is 18.0 Å². The van der Waals surface area contributed by atoms with Gasteiger partial charge in [-0.25, -0.2) is 4.68 Å². The number of hydrogen-bond donors (Lipinski definition) is 2. The van der Waals surface area contributed by atoms with Crippen LogP contribution in [-0.2, 0) is 17.4 Å². The molecule has 9 heteroatoms. The highest BCUT2D eigenvalue weighted by Crippen LogP contribution is 2.31. The zero-order chi connectivity index (χ0) is 19.6. The van der Waals surface area contributed by atoms with Crippen LogP contribution in [-0.4, -0.2) is 20.7 Å². The van der Waals surface area contributed by atoms with Crippen molar-refractivity contribution in [2.45, 2.75) is 19.5 Å². The van der Waals surface area contributed by atoms with Crippen molar-refractivity contribution in [2.75, 3.05) is 5.32 Å². The van der Waals surface area contributed by atoms with Gasteiger partial charge in [0.15, 0.2) is 5.82 Å². The van der Waals surface area contributed by atoms with Gasteiger partial charge in [0.2, 0.25) is 5.91 Å². The predicted octanol–water partition coefficient (Wildman–Crippen LogP) is 3.37. The zero-order valence-electron chi connectivity index (χ0n) is 14.3. The molecule has 0 bridgehead atoms. The molecule has 3 rings (SSSR count). The van der Waals surface area contributed by atoms with Gasteiger partial charge in [0, 0.05) is 23.6 Å². The number of carbonyl (C=O) groups excluding carboxylic acids is 1. The van der Waals surface area contributed by atoms with Crippen molar-refractivity contribution in [1.82, 2.24) is 14.8 Å². The number of nitrogens with two attached hydrogens (primary N) is 1. The van der Waals surface area contributed by atoms with E-state index in [0.29, 0.717) is 17.2 Å². The topological polar surface area (TPSA) is 85.8 Å². The van der Waals surface area contributed by atoms with Gasteiger partial charge >= 0.3 is 6.18 Å². The summed E-state index contributed by atoms with van der Waals surface area (Å²) in [6.45, 7) is 1.81. The van der Waals surface area contributed by atoms with Crippen LogP contribution in [0.25, 0.3) is 5.69 Å². The molecule has 3 aromatic rings. The van der Waals surface area contributed by atoms with E-state index in [1.807, 2.05) is 6.92 Å². The van der Waals surface area contributed by atoms with Gasteiger partial charge in [0.05, 0.1) is 23.4 Å². The van der Waals surface area contributed by atoms with Crippen LogP contribution in [0.3, 0.4) is 0 Å². The van der Waals surface area contributed by atoms with E-state index in [9.17, 15) is 18.0 Å². The number of halogens is 3. The lowest BCUT2D eigenvalue weighted by molar-refractivity contribution is -0.137. The first-order chi connectivity index (χ1) is 12.7. The first kappa shape index (κ1) is 18.4. The Bertz CT molecular complexity index is 981. The molecule has 0 unspecified atom stereocenters. The number of anilines is 2. The van der Waals surface area contributed by atoms with Gasteiger partial charge in [-0.3, -0.25) is 9.78 Å². The average Bonchev–Trinajstić information content (AvgIpc) is 2.96. The van der Waals surface area contributed by atoms with Gasteiger partial charge in [-0.1, -0.05) is 6.07 Å². The highest BCUT2D eigenvalue weighted by atomic mass is 19.4. The van der Waals surface area contributed by atoms with E-state index in [1.165, 1.54) is 16.8 Å². The average molecular weight is 375 g/mol. The van der Waals surface area contributed by atoms with E-state index in [4.69, 9.17) is 5.73 Å². The Morgan fingerprint density at radius 2 is 2.00 bits per heavy atom. The fourth-order valence-electron chi connectivity index (χ4n) is 2.59. The largest absolute Gasteiger partial charge is 0.416 e. The third-order valence-electron chi connectivity index (χ3n) is 3.73. The summed E-state index contributed by atoms with van der Waals surface area (Å²) in [5, 5.41) is 7.19. The Hall–Kier alpha value is -3.36. The van der Waals surface area contributed by atoms with Gasteiger partial charge in [-0.05, 0) is 37.3 Å². The summed E-state index contributed by atoms with van der Waals surface area (Å²) < 4.78 is 40.1. The molecule has 0 fully saturated rings. The molecule has 0 saturated carbocycles. The van der Waals surface area contributed by atoms with Gasteiger partial charge in [0.25, 0.3) is 0 Å². The van der Waals surface area contributed by atoms with E-state index in [-0.39, 0.29) is 12.1 Å². The number of benzene rings is 1. The maximum atomic E-state index is 12.9. The molecule has 0 aliphatic carbocycles. The summed E-state index contributed by atoms with van der Waals surface area (Å²) in [4.78, 5) is 15.5. The monoisotopic (exact) mass is 375 g/mol. The Morgan fingerprint density at radius 3 is 2.67 bits per heavy atom. The molecule has 0 spiro atoms. The minimum atomic E-state index is -4.44. The van der Waals surface area contributed by atoms with Gasteiger partial charge in [-0.2, -0.15) is 13.2 Å². The highest BCUT2D eigenvalue weighted by Gasteiger charge is 2.30. The summed E-state index contributed by atoms with van der Waals surface area (Å²) in [6, 6.07) is 9.83. The molecule has 1 aromatic carbocycles. The van der Waals surface area contributed by atoms with E-state index in [1.54, 1.807) is 24.4 Å². The van der Waals surface area contributed by atoms with Crippen LogP contribution in [0, 0.1) is 6.92 Å². The van der Waals surface area contributed by atoms with Crippen LogP contribution in [0.5, 0.6) is 0 Å². The maximum Gasteiger partial charge on any atom is 0.416 e. The summed E-state index contributed by atoms with van der Waals surface area (Å²) >= 11 is 0. The lowest BCUT2D eigenvalue weighted by atomic mass is 10.2. The second-order valence-electron chi connectivity index (χ2n) is 5.93. The molecule has 27 heavy (non-hydrogen) atoms. The summed E-state index contributed by atoms with van der Waals surface area (Å²) in [6.07, 6.45) is -2.91. The number of nitrogens with one attached hydrogen (secondary N) is 1. The summed E-state index contributed by atoms with van der Waals surface area (Å²) in [5.41, 5.74) is 6.67. The van der Waals surface area contributed by atoms with Crippen molar-refractivity contribution in [3.8, 4) is 5.69 Å². The standard InChI is InChI=1S/C18H16F3N5O/c1-11-7-14(5-6-23-11)26-15(9-16(22)27)10-17(25-26)24-13-4-2-3-12(8-13)18(19,20)21/h2-8,10H,9H2,1H3,(H2,22,27)(H,24,25). The van der Waals surface area contributed by atoms with Crippen molar-refractivity contribution in [2.24, 2.45) is 5.73 Å². The van der Waals surface area contributed by atoms with Crippen molar-refractivity contribution in [1.29, 1.82) is 0 Å². The fraction of sp³-hybridized carbons (Fsp3) is 0.167. The highest BCUT2D eigenvalue weighted by molar-refractivity contribution is 5.76. The maximum absolute atomic E-state index is 12.9. The van der Waals surface area contributed by atoms with E-state index < -0.39 is 17.6 Å². The molecule has 2 aromatic heterocycles. The lowest BCUT2D eigenvalue weighted by Crippen LogP contribution is -2.16. The first-order valence-electron chi connectivity index (χ1n) is 7.97. The van der Waals surface area contributed by atoms with E-state index in [2.05, 4.69) is 15.4 Å². The minimum absolute atomic E-state index is 0.0708. The number of pyridine rings is 1. The number of carbonyl (C=O) groups is 1. The SMILES string of the molecule is Cc1cc(-n2nc(Nc3cccc(C(F)(F)F)c3)cc2CC(N)=O)ccn1. The van der Waals surface area contributed by atoms with Crippen molar-refractivity contribution in [3.63, 3.8) is 0 Å². The quantitative estimate of drug-likeness (QED) is 0.716. The third-order valence-corrected chi connectivity index (χ3v) is 3.73. The molecule has 0 saturated heterocycles. The number of aromatic nitrogens is 3. The molecular weight excluding hydrogens is 359 g/mol. The van der Waals surface area contributed by atoms with Crippen LogP contribution in [0.1, 0.15) is 17.0 Å². The van der Waals surface area contributed by atoms with E-state index >= 15 is 0 Å². The summed E-state index contributed by atoms with van der Waals surface area (Å²) in [7, 11) is 0. The number of primary amides is 1. The van der Waals surface area contributed by atoms with Gasteiger partial charge in [-0.15, -0.1) is 5.10 Å². The molecular formula is C18H16F3N5O. The van der Waals surface area contributed by atoms with Crippen LogP contribution >= 0.6 is 0 Å². The number of alkyl halides is 3. The Balaban J connectivity index is 1.96. The third kappa shape index (κ3) is 4.43. The predicted molar refractivity (Wildman–Crippen MR) is 93.7 cm³/mol. The first-order valence-corrected chi connectivity index (χ1v) is 7.97. The van der Waals surface area contributed by atoms with Crippen LogP contribution in [0.15, 0.2) is 48.7 Å². The Morgan fingerprint density at radius 1 is 1.22 bits per heavy atom. The molecule has 0 aliphatic rings. The normalized spacial score (nSPS) is 11.4. The van der Waals surface area contributed by atoms with Gasteiger partial charge < -0.3 is 11.1 Å². The minimum Gasteiger partial charge on any atom is -0.369 e. The zero-order valence-corrected chi connectivity index (χ0v) is 14.3. The van der Waals surface area contributed by atoms with Crippen LogP contribution in [0.4, 0.5) is 24.7 Å². The van der Waals surface area contributed by atoms with Crippen molar-refractivity contribution >= 4 is 17.4 Å². The lowest BCUT2D eigenvalue weighted by Gasteiger charge is -2.09. The molecule has 140 valence electrons. The fourth-order valence-corrected chi connectivity index (χ4v) is 2.59. The molecule has 3 N–H and O–H groups in total. The van der Waals surface area contributed by atoms with Crippen molar-refractivity contribution in [3.05, 3.63) is 65.6 Å².